The molecule has 2 N–H and O–H groups in total. The van der Waals surface area contributed by atoms with Crippen molar-refractivity contribution in [3.63, 3.8) is 0 Å². The Hall–Kier alpha value is -0.870. The number of nitrogens with two attached hydrogens (primary N) is 1. The minimum Gasteiger partial charge on any atom is -0.225 e. The minimum atomic E-state index is -3.60. The van der Waals surface area contributed by atoms with Gasteiger partial charge in [-0.3, -0.25) is 0 Å². The zero-order valence-corrected chi connectivity index (χ0v) is 9.70. The van der Waals surface area contributed by atoms with Gasteiger partial charge in [-0.1, -0.05) is 0 Å². The van der Waals surface area contributed by atoms with Crippen molar-refractivity contribution in [3.05, 3.63) is 28.3 Å². The molecule has 1 rings (SSSR count). The van der Waals surface area contributed by atoms with Gasteiger partial charge in [0.15, 0.2) is 0 Å². The van der Waals surface area contributed by atoms with Crippen molar-refractivity contribution in [1.29, 1.82) is 0 Å². The maximum absolute atomic E-state index is 11.2. The molecule has 0 atom stereocenters. The van der Waals surface area contributed by atoms with Gasteiger partial charge in [-0.05, 0) is 56.0 Å². The van der Waals surface area contributed by atoms with E-state index in [4.69, 9.17) is 5.14 Å². The summed E-state index contributed by atoms with van der Waals surface area (Å²) in [6, 6.07) is 1.63. The summed E-state index contributed by atoms with van der Waals surface area (Å²) in [5.74, 6) is 0. The summed E-state index contributed by atoms with van der Waals surface area (Å²) >= 11 is 0. The molecule has 0 spiro atoms. The number of benzene rings is 1. The maximum atomic E-state index is 11.2. The van der Waals surface area contributed by atoms with Gasteiger partial charge in [-0.2, -0.15) is 0 Å². The van der Waals surface area contributed by atoms with Crippen LogP contribution in [0, 0.1) is 27.7 Å². The summed E-state index contributed by atoms with van der Waals surface area (Å²) in [4.78, 5) is 0.234. The Kier molecular flexibility index (Phi) is 2.69. The van der Waals surface area contributed by atoms with E-state index in [9.17, 15) is 8.42 Å². The second kappa shape index (κ2) is 3.37. The average molecular weight is 213 g/mol. The second-order valence-electron chi connectivity index (χ2n) is 3.61. The predicted molar refractivity (Wildman–Crippen MR) is 56.8 cm³/mol. The molecular weight excluding hydrogens is 198 g/mol. The highest BCUT2D eigenvalue weighted by Crippen LogP contribution is 2.23. The molecule has 0 saturated heterocycles. The quantitative estimate of drug-likeness (QED) is 0.769. The summed E-state index contributed by atoms with van der Waals surface area (Å²) in [5, 5.41) is 5.12. The summed E-state index contributed by atoms with van der Waals surface area (Å²) in [5.41, 5.74) is 3.82. The molecule has 0 unspecified atom stereocenters. The first kappa shape index (κ1) is 11.2. The first-order chi connectivity index (χ1) is 6.25. The molecule has 4 heteroatoms. The van der Waals surface area contributed by atoms with Crippen LogP contribution in [-0.2, 0) is 10.0 Å². The van der Waals surface area contributed by atoms with Crippen molar-refractivity contribution in [3.8, 4) is 0 Å². The zero-order valence-electron chi connectivity index (χ0n) is 8.88. The van der Waals surface area contributed by atoms with E-state index in [1.54, 1.807) is 13.0 Å². The number of aryl methyl sites for hydroxylation is 1. The fraction of sp³-hybridized carbons (Fsp3) is 0.400. The van der Waals surface area contributed by atoms with Crippen LogP contribution < -0.4 is 5.14 Å². The van der Waals surface area contributed by atoms with Gasteiger partial charge in [0.1, 0.15) is 0 Å². The van der Waals surface area contributed by atoms with Gasteiger partial charge in [-0.15, -0.1) is 0 Å². The SMILES string of the molecule is Cc1cc(S(N)(=O)=O)c(C)c(C)c1C. The summed E-state index contributed by atoms with van der Waals surface area (Å²) in [6.45, 7) is 7.55. The molecule has 0 aliphatic rings. The maximum Gasteiger partial charge on any atom is 0.238 e. The summed E-state index contributed by atoms with van der Waals surface area (Å²) < 4.78 is 22.5. The molecule has 0 aliphatic heterocycles. The number of rotatable bonds is 1. The number of hydrogen-bond acceptors (Lipinski definition) is 2. The van der Waals surface area contributed by atoms with Gasteiger partial charge in [-0.25, -0.2) is 13.6 Å². The molecule has 1 aromatic rings. The Labute approximate surface area is 85.0 Å². The molecule has 0 heterocycles. The minimum absolute atomic E-state index is 0.234. The van der Waals surface area contributed by atoms with Crippen molar-refractivity contribution >= 4 is 10.0 Å². The zero-order chi connectivity index (χ0) is 11.1. The van der Waals surface area contributed by atoms with Crippen LogP contribution in [0.4, 0.5) is 0 Å². The lowest BCUT2D eigenvalue weighted by atomic mass is 10.00. The third kappa shape index (κ3) is 1.81. The normalized spacial score (nSPS) is 11.8. The highest BCUT2D eigenvalue weighted by Gasteiger charge is 2.15. The number of hydrogen-bond donors (Lipinski definition) is 1. The van der Waals surface area contributed by atoms with Gasteiger partial charge in [0.25, 0.3) is 0 Å². The Morgan fingerprint density at radius 3 is 1.93 bits per heavy atom. The van der Waals surface area contributed by atoms with Crippen molar-refractivity contribution in [2.75, 3.05) is 0 Å². The third-order valence-corrected chi connectivity index (χ3v) is 3.78. The van der Waals surface area contributed by atoms with E-state index >= 15 is 0 Å². The van der Waals surface area contributed by atoms with E-state index in [0.29, 0.717) is 0 Å². The summed E-state index contributed by atoms with van der Waals surface area (Å²) in [7, 11) is -3.60. The van der Waals surface area contributed by atoms with E-state index in [0.717, 1.165) is 22.3 Å². The average Bonchev–Trinajstić information content (AvgIpc) is 2.06. The largest absolute Gasteiger partial charge is 0.238 e. The van der Waals surface area contributed by atoms with Crippen LogP contribution in [0.25, 0.3) is 0 Å². The molecule has 0 radical (unpaired) electrons. The predicted octanol–water partition coefficient (Wildman–Crippen LogP) is 1.57. The fourth-order valence-corrected chi connectivity index (χ4v) is 2.39. The molecule has 0 aromatic heterocycles. The van der Waals surface area contributed by atoms with Gasteiger partial charge >= 0.3 is 0 Å². The molecule has 0 saturated carbocycles. The van der Waals surface area contributed by atoms with Crippen LogP contribution in [0.2, 0.25) is 0 Å². The monoisotopic (exact) mass is 213 g/mol. The van der Waals surface area contributed by atoms with Crippen LogP contribution in [0.3, 0.4) is 0 Å². The van der Waals surface area contributed by atoms with E-state index in [1.807, 2.05) is 20.8 Å². The number of sulfonamides is 1. The molecule has 0 amide bonds. The second-order valence-corrected chi connectivity index (χ2v) is 5.14. The molecule has 78 valence electrons. The van der Waals surface area contributed by atoms with Crippen LogP contribution in [0.15, 0.2) is 11.0 Å². The van der Waals surface area contributed by atoms with E-state index in [-0.39, 0.29) is 4.90 Å². The lowest BCUT2D eigenvalue weighted by Gasteiger charge is -2.12. The topological polar surface area (TPSA) is 60.2 Å². The van der Waals surface area contributed by atoms with Gasteiger partial charge in [0.05, 0.1) is 4.90 Å². The standard InChI is InChI=1S/C10H15NO2S/c1-6-5-10(14(11,12)13)9(4)8(3)7(6)2/h5H,1-4H3,(H2,11,12,13). The smallest absolute Gasteiger partial charge is 0.225 e. The van der Waals surface area contributed by atoms with Crippen molar-refractivity contribution in [1.82, 2.24) is 0 Å². The third-order valence-electron chi connectivity index (χ3n) is 2.74. The highest BCUT2D eigenvalue weighted by molar-refractivity contribution is 7.89. The van der Waals surface area contributed by atoms with Crippen LogP contribution in [-0.4, -0.2) is 8.42 Å². The summed E-state index contributed by atoms with van der Waals surface area (Å²) in [6.07, 6.45) is 0. The Bertz CT molecular complexity index is 475. The van der Waals surface area contributed by atoms with Crippen molar-refractivity contribution in [2.24, 2.45) is 5.14 Å². The molecule has 3 nitrogen and oxygen atoms in total. The lowest BCUT2D eigenvalue weighted by Crippen LogP contribution is -2.15. The molecule has 0 bridgehead atoms. The van der Waals surface area contributed by atoms with Gasteiger partial charge in [0, 0.05) is 0 Å². The molecule has 14 heavy (non-hydrogen) atoms. The Morgan fingerprint density at radius 2 is 1.50 bits per heavy atom. The van der Waals surface area contributed by atoms with Gasteiger partial charge in [0.2, 0.25) is 10.0 Å². The van der Waals surface area contributed by atoms with Crippen molar-refractivity contribution < 1.29 is 8.42 Å². The highest BCUT2D eigenvalue weighted by atomic mass is 32.2. The van der Waals surface area contributed by atoms with E-state index in [1.165, 1.54) is 0 Å². The lowest BCUT2D eigenvalue weighted by molar-refractivity contribution is 0.597. The van der Waals surface area contributed by atoms with E-state index in [2.05, 4.69) is 0 Å². The first-order valence-corrected chi connectivity index (χ1v) is 5.90. The van der Waals surface area contributed by atoms with Crippen LogP contribution in [0.1, 0.15) is 22.3 Å². The van der Waals surface area contributed by atoms with Crippen LogP contribution >= 0.6 is 0 Å². The molecule has 0 aliphatic carbocycles. The Morgan fingerprint density at radius 1 is 1.00 bits per heavy atom. The van der Waals surface area contributed by atoms with Crippen LogP contribution in [0.5, 0.6) is 0 Å². The molecular formula is C10H15NO2S. The van der Waals surface area contributed by atoms with E-state index < -0.39 is 10.0 Å². The molecule has 0 fully saturated rings. The number of primary sulfonamides is 1. The fourth-order valence-electron chi connectivity index (χ4n) is 1.47. The Balaban J connectivity index is 3.66. The van der Waals surface area contributed by atoms with Gasteiger partial charge < -0.3 is 0 Å². The first-order valence-electron chi connectivity index (χ1n) is 4.35. The molecule has 1 aromatic carbocycles. The van der Waals surface area contributed by atoms with Crippen molar-refractivity contribution in [2.45, 2.75) is 32.6 Å².